The summed E-state index contributed by atoms with van der Waals surface area (Å²) in [4.78, 5) is 0. The van der Waals surface area contributed by atoms with E-state index in [1.54, 1.807) is 0 Å². The standard InChI is InChI=1S/CHNS.Hg/c2-1-3;/h3H;/q;+2/p-1. The van der Waals surface area contributed by atoms with E-state index in [1.807, 2.05) is 0 Å². The SMILES string of the molecule is N#C[S-].[Hg+2]. The van der Waals surface area contributed by atoms with Gasteiger partial charge in [0.1, 0.15) is 0 Å². The summed E-state index contributed by atoms with van der Waals surface area (Å²) in [5, 5.41) is 8.47. The summed E-state index contributed by atoms with van der Waals surface area (Å²) in [5.41, 5.74) is 0. The molecule has 4 heavy (non-hydrogen) atoms. The van der Waals surface area contributed by atoms with Gasteiger partial charge in [-0.25, -0.2) is 5.26 Å². The average Bonchev–Trinajstić information content (AvgIpc) is 0.918. The maximum atomic E-state index is 7.13. The second-order valence-corrected chi connectivity index (χ2v) is 0.274. The Kier molecular flexibility index (Phi) is 20.8. The Bertz CT molecular complexity index is 29.5. The van der Waals surface area contributed by atoms with Crippen LogP contribution in [0, 0.1) is 10.7 Å². The van der Waals surface area contributed by atoms with Crippen molar-refractivity contribution in [3.05, 3.63) is 0 Å². The first-order chi connectivity index (χ1) is 1.41. The summed E-state index contributed by atoms with van der Waals surface area (Å²) in [7, 11) is 0. The van der Waals surface area contributed by atoms with Gasteiger partial charge in [0.05, 0.1) is 0 Å². The van der Waals surface area contributed by atoms with Crippen molar-refractivity contribution >= 4 is 12.6 Å². The van der Waals surface area contributed by atoms with Gasteiger partial charge in [0.25, 0.3) is 0 Å². The normalized spacial score (nSPS) is 1.75. The van der Waals surface area contributed by atoms with Crippen LogP contribution in [0.5, 0.6) is 0 Å². The summed E-state index contributed by atoms with van der Waals surface area (Å²) >= 11 is 3.70. The molecule has 0 bridgehead atoms. The van der Waals surface area contributed by atoms with Crippen molar-refractivity contribution in [1.29, 1.82) is 5.26 Å². The smallest absolute Gasteiger partial charge is 0.696 e. The molecule has 0 spiro atoms. The Morgan fingerprint density at radius 3 is 1.75 bits per heavy atom. The molecule has 16 valence electrons. The van der Waals surface area contributed by atoms with Gasteiger partial charge in [0.2, 0.25) is 0 Å². The number of nitrogens with zero attached hydrogens (tertiary/aromatic N) is 1. The molecule has 0 saturated carbocycles. The first kappa shape index (κ1) is 8.82. The van der Waals surface area contributed by atoms with Crippen LogP contribution in [0.1, 0.15) is 0 Å². The molecule has 0 heterocycles. The molecule has 0 fully saturated rings. The van der Waals surface area contributed by atoms with Crippen molar-refractivity contribution in [2.24, 2.45) is 0 Å². The van der Waals surface area contributed by atoms with E-state index in [-0.39, 0.29) is 27.7 Å². The van der Waals surface area contributed by atoms with Crippen molar-refractivity contribution in [3.63, 3.8) is 0 Å². The molecule has 3 heteroatoms. The summed E-state index contributed by atoms with van der Waals surface area (Å²) in [6.45, 7) is 0. The molecule has 0 aliphatic rings. The van der Waals surface area contributed by atoms with Crippen LogP contribution in [0.15, 0.2) is 0 Å². The monoisotopic (exact) mass is 260 g/mol. The van der Waals surface area contributed by atoms with Gasteiger partial charge < -0.3 is 12.6 Å². The predicted molar refractivity (Wildman–Crippen MR) is 13.0 cm³/mol. The Labute approximate surface area is 50.9 Å². The van der Waals surface area contributed by atoms with Crippen LogP contribution in [0.3, 0.4) is 0 Å². The van der Waals surface area contributed by atoms with Crippen molar-refractivity contribution < 1.29 is 27.7 Å². The van der Waals surface area contributed by atoms with Gasteiger partial charge in [-0.3, -0.25) is 0 Å². The predicted octanol–water partition coefficient (Wildman–Crippen LogP) is 0.0119. The van der Waals surface area contributed by atoms with Crippen LogP contribution in [-0.2, 0) is 40.3 Å². The van der Waals surface area contributed by atoms with Crippen LogP contribution in [0.4, 0.5) is 0 Å². The molecule has 0 rings (SSSR count). The fourth-order valence-electron chi connectivity index (χ4n) is 0. The van der Waals surface area contributed by atoms with E-state index in [1.165, 1.54) is 5.40 Å². The summed E-state index contributed by atoms with van der Waals surface area (Å²) < 4.78 is 0. The van der Waals surface area contributed by atoms with Crippen molar-refractivity contribution in [2.75, 3.05) is 0 Å². The average molecular weight is 259 g/mol. The van der Waals surface area contributed by atoms with Crippen LogP contribution in [0.25, 0.3) is 0 Å². The zero-order valence-corrected chi connectivity index (χ0v) is 8.38. The summed E-state index contributed by atoms with van der Waals surface area (Å²) in [6.07, 6.45) is 0. The third kappa shape index (κ3) is 17.2. The third-order valence-corrected chi connectivity index (χ3v) is 0. The van der Waals surface area contributed by atoms with E-state index in [0.717, 1.165) is 0 Å². The van der Waals surface area contributed by atoms with Crippen LogP contribution < -0.4 is 0 Å². The molecule has 0 amide bonds. The van der Waals surface area contributed by atoms with Gasteiger partial charge in [-0.05, 0) is 0 Å². The molecular formula is CHgNS+. The van der Waals surface area contributed by atoms with Crippen LogP contribution in [0.2, 0.25) is 0 Å². The number of hydrogen-bond donors (Lipinski definition) is 0. The van der Waals surface area contributed by atoms with Crippen LogP contribution >= 0.6 is 0 Å². The number of nitriles is 1. The molecule has 0 aliphatic heterocycles. The second-order valence-electron chi connectivity index (χ2n) is 0.0913. The van der Waals surface area contributed by atoms with Gasteiger partial charge in [-0.15, -0.1) is 0 Å². The fraction of sp³-hybridized carbons (Fsp3) is 0. The topological polar surface area (TPSA) is 23.8 Å². The minimum Gasteiger partial charge on any atom is -0.696 e. The van der Waals surface area contributed by atoms with E-state index >= 15 is 0 Å². The minimum absolute atomic E-state index is 0. The Balaban J connectivity index is 0. The maximum Gasteiger partial charge on any atom is 2.00 e. The van der Waals surface area contributed by atoms with Gasteiger partial charge in [-0.2, -0.15) is 0 Å². The summed E-state index contributed by atoms with van der Waals surface area (Å²) in [6, 6.07) is 0. The van der Waals surface area contributed by atoms with E-state index in [2.05, 4.69) is 12.6 Å². The first-order valence-corrected chi connectivity index (χ1v) is 0.836. The van der Waals surface area contributed by atoms with Gasteiger partial charge in [-0.1, -0.05) is 5.40 Å². The van der Waals surface area contributed by atoms with Gasteiger partial charge in [0.15, 0.2) is 0 Å². The van der Waals surface area contributed by atoms with Crippen molar-refractivity contribution in [3.8, 4) is 5.40 Å². The van der Waals surface area contributed by atoms with Crippen molar-refractivity contribution in [2.45, 2.75) is 0 Å². The molecule has 0 aromatic heterocycles. The first-order valence-electron chi connectivity index (χ1n) is 0.428. The van der Waals surface area contributed by atoms with Gasteiger partial charge >= 0.3 is 27.7 Å². The molecule has 0 N–H and O–H groups in total. The van der Waals surface area contributed by atoms with E-state index in [0.29, 0.717) is 0 Å². The molecule has 0 saturated heterocycles. The molecule has 1 nitrogen and oxygen atoms in total. The molecular weight excluding hydrogens is 259 g/mol. The van der Waals surface area contributed by atoms with E-state index in [4.69, 9.17) is 5.26 Å². The van der Waals surface area contributed by atoms with Crippen LogP contribution in [-0.4, -0.2) is 0 Å². The Morgan fingerprint density at radius 2 is 1.75 bits per heavy atom. The zero-order chi connectivity index (χ0) is 2.71. The molecule has 0 unspecified atom stereocenters. The third-order valence-electron chi connectivity index (χ3n) is 0. The molecule has 0 radical (unpaired) electrons. The van der Waals surface area contributed by atoms with E-state index in [9.17, 15) is 0 Å². The minimum atomic E-state index is 0. The molecule has 0 aliphatic carbocycles. The number of hydrogen-bond acceptors (Lipinski definition) is 2. The fourth-order valence-corrected chi connectivity index (χ4v) is 0. The maximum absolute atomic E-state index is 7.13. The molecule has 0 aromatic rings. The quantitative estimate of drug-likeness (QED) is 0.347. The van der Waals surface area contributed by atoms with Gasteiger partial charge in [0, 0.05) is 0 Å². The Hall–Kier alpha value is 0.645. The molecule has 0 atom stereocenters. The largest absolute Gasteiger partial charge is 2.00 e. The second kappa shape index (κ2) is 9.42. The van der Waals surface area contributed by atoms with E-state index < -0.39 is 0 Å². The van der Waals surface area contributed by atoms with Crippen molar-refractivity contribution in [1.82, 2.24) is 0 Å². The summed E-state index contributed by atoms with van der Waals surface area (Å²) in [5.74, 6) is 0. The Morgan fingerprint density at radius 1 is 1.75 bits per heavy atom. The molecule has 0 aromatic carbocycles. The number of thiocyanates is 1. The number of rotatable bonds is 0. The zero-order valence-electron chi connectivity index (χ0n) is 2.06.